The van der Waals surface area contributed by atoms with Gasteiger partial charge in [0.15, 0.2) is 0 Å². The number of benzene rings is 1. The second kappa shape index (κ2) is 5.75. The van der Waals surface area contributed by atoms with Crippen molar-refractivity contribution in [1.82, 2.24) is 10.3 Å². The number of aromatic nitrogens is 1. The van der Waals surface area contributed by atoms with Gasteiger partial charge in [0.1, 0.15) is 0 Å². The van der Waals surface area contributed by atoms with Gasteiger partial charge >= 0.3 is 0 Å². The molecular formula is C14H18N2O. The molecule has 0 aliphatic heterocycles. The molecule has 3 heteroatoms. The van der Waals surface area contributed by atoms with Crippen LogP contribution in [0.25, 0.3) is 10.8 Å². The SMILES string of the molecule is COCC(C)NCc1cccc2cnccc12. The van der Waals surface area contributed by atoms with Crippen molar-refractivity contribution < 1.29 is 4.74 Å². The lowest BCUT2D eigenvalue weighted by Crippen LogP contribution is -2.29. The molecule has 0 amide bonds. The maximum atomic E-state index is 5.11. The molecule has 1 N–H and O–H groups in total. The van der Waals surface area contributed by atoms with Gasteiger partial charge in [0.2, 0.25) is 0 Å². The number of methoxy groups -OCH3 is 1. The number of fused-ring (bicyclic) bond motifs is 1. The molecule has 0 aliphatic rings. The second-order valence-corrected chi connectivity index (χ2v) is 4.25. The van der Waals surface area contributed by atoms with Gasteiger partial charge in [0.25, 0.3) is 0 Å². The molecule has 1 heterocycles. The molecule has 0 bridgehead atoms. The molecule has 0 saturated carbocycles. The van der Waals surface area contributed by atoms with Gasteiger partial charge in [-0.05, 0) is 23.9 Å². The van der Waals surface area contributed by atoms with Crippen molar-refractivity contribution in [1.29, 1.82) is 0 Å². The minimum atomic E-state index is 0.358. The minimum absolute atomic E-state index is 0.358. The number of pyridine rings is 1. The number of ether oxygens (including phenoxy) is 1. The first-order valence-electron chi connectivity index (χ1n) is 5.85. The summed E-state index contributed by atoms with van der Waals surface area (Å²) in [7, 11) is 1.72. The summed E-state index contributed by atoms with van der Waals surface area (Å²) >= 11 is 0. The molecule has 17 heavy (non-hydrogen) atoms. The Balaban J connectivity index is 2.13. The van der Waals surface area contributed by atoms with E-state index in [0.717, 1.165) is 13.2 Å². The van der Waals surface area contributed by atoms with Crippen molar-refractivity contribution in [3.8, 4) is 0 Å². The van der Waals surface area contributed by atoms with Gasteiger partial charge in [0.05, 0.1) is 6.61 Å². The summed E-state index contributed by atoms with van der Waals surface area (Å²) < 4.78 is 5.11. The van der Waals surface area contributed by atoms with E-state index in [0.29, 0.717) is 6.04 Å². The van der Waals surface area contributed by atoms with Crippen molar-refractivity contribution >= 4 is 10.8 Å². The second-order valence-electron chi connectivity index (χ2n) is 4.25. The Morgan fingerprint density at radius 3 is 3.06 bits per heavy atom. The van der Waals surface area contributed by atoms with Crippen LogP contribution in [-0.4, -0.2) is 24.7 Å². The molecule has 0 saturated heterocycles. The molecule has 1 atom stereocenters. The van der Waals surface area contributed by atoms with Gasteiger partial charge in [-0.2, -0.15) is 0 Å². The Labute approximate surface area is 102 Å². The molecule has 0 fully saturated rings. The molecule has 0 radical (unpaired) electrons. The maximum absolute atomic E-state index is 5.11. The first-order valence-corrected chi connectivity index (χ1v) is 5.85. The van der Waals surface area contributed by atoms with Crippen LogP contribution in [0.5, 0.6) is 0 Å². The number of nitrogens with zero attached hydrogens (tertiary/aromatic N) is 1. The lowest BCUT2D eigenvalue weighted by atomic mass is 10.1. The highest BCUT2D eigenvalue weighted by Gasteiger charge is 2.03. The van der Waals surface area contributed by atoms with Crippen LogP contribution >= 0.6 is 0 Å². The normalized spacial score (nSPS) is 12.8. The zero-order valence-corrected chi connectivity index (χ0v) is 10.3. The third-order valence-electron chi connectivity index (χ3n) is 2.83. The summed E-state index contributed by atoms with van der Waals surface area (Å²) in [5.74, 6) is 0. The molecule has 1 aromatic carbocycles. The summed E-state index contributed by atoms with van der Waals surface area (Å²) in [5.41, 5.74) is 1.30. The van der Waals surface area contributed by atoms with Gasteiger partial charge in [-0.25, -0.2) is 0 Å². The Bertz CT molecular complexity index is 479. The van der Waals surface area contributed by atoms with E-state index in [9.17, 15) is 0 Å². The number of hydrogen-bond acceptors (Lipinski definition) is 3. The van der Waals surface area contributed by atoms with Crippen LogP contribution in [0.1, 0.15) is 12.5 Å². The first-order chi connectivity index (χ1) is 8.31. The molecule has 0 spiro atoms. The van der Waals surface area contributed by atoms with E-state index in [1.165, 1.54) is 16.3 Å². The van der Waals surface area contributed by atoms with Gasteiger partial charge in [0, 0.05) is 37.5 Å². The molecule has 1 aromatic heterocycles. The van der Waals surface area contributed by atoms with E-state index in [4.69, 9.17) is 4.74 Å². The van der Waals surface area contributed by atoms with E-state index in [1.54, 1.807) is 7.11 Å². The summed E-state index contributed by atoms with van der Waals surface area (Å²) in [6, 6.07) is 8.73. The average molecular weight is 230 g/mol. The molecule has 2 aromatic rings. The summed E-state index contributed by atoms with van der Waals surface area (Å²) in [6.45, 7) is 3.70. The highest BCUT2D eigenvalue weighted by Crippen LogP contribution is 2.17. The topological polar surface area (TPSA) is 34.1 Å². The Morgan fingerprint density at radius 1 is 1.35 bits per heavy atom. The highest BCUT2D eigenvalue weighted by atomic mass is 16.5. The van der Waals surface area contributed by atoms with Crippen molar-refractivity contribution in [2.24, 2.45) is 0 Å². The Morgan fingerprint density at radius 2 is 2.24 bits per heavy atom. The van der Waals surface area contributed by atoms with Crippen molar-refractivity contribution in [3.63, 3.8) is 0 Å². The maximum Gasteiger partial charge on any atom is 0.0613 e. The molecule has 3 nitrogen and oxygen atoms in total. The predicted octanol–water partition coefficient (Wildman–Crippen LogP) is 2.36. The summed E-state index contributed by atoms with van der Waals surface area (Å²) in [5, 5.41) is 5.90. The van der Waals surface area contributed by atoms with Crippen LogP contribution in [-0.2, 0) is 11.3 Å². The van der Waals surface area contributed by atoms with Crippen molar-refractivity contribution in [3.05, 3.63) is 42.2 Å². The quantitative estimate of drug-likeness (QED) is 0.856. The van der Waals surface area contributed by atoms with Crippen molar-refractivity contribution in [2.45, 2.75) is 19.5 Å². The van der Waals surface area contributed by atoms with Crippen LogP contribution in [0, 0.1) is 0 Å². The fourth-order valence-electron chi connectivity index (χ4n) is 1.94. The van der Waals surface area contributed by atoms with Crippen LogP contribution < -0.4 is 5.32 Å². The van der Waals surface area contributed by atoms with E-state index in [-0.39, 0.29) is 0 Å². The number of nitrogens with one attached hydrogen (secondary N) is 1. The van der Waals surface area contributed by atoms with Crippen molar-refractivity contribution in [2.75, 3.05) is 13.7 Å². The summed E-state index contributed by atoms with van der Waals surface area (Å²) in [4.78, 5) is 4.14. The van der Waals surface area contributed by atoms with Gasteiger partial charge in [-0.15, -0.1) is 0 Å². The predicted molar refractivity (Wildman–Crippen MR) is 69.9 cm³/mol. The highest BCUT2D eigenvalue weighted by molar-refractivity contribution is 5.84. The third-order valence-corrected chi connectivity index (χ3v) is 2.83. The standard InChI is InChI=1S/C14H18N2O/c1-11(10-17-2)16-9-13-5-3-4-12-8-15-7-6-14(12)13/h3-8,11,16H,9-10H2,1-2H3. The lowest BCUT2D eigenvalue weighted by Gasteiger charge is -2.13. The van der Waals surface area contributed by atoms with Crippen LogP contribution in [0.15, 0.2) is 36.7 Å². The first kappa shape index (κ1) is 12.0. The van der Waals surface area contributed by atoms with E-state index >= 15 is 0 Å². The number of hydrogen-bond donors (Lipinski definition) is 1. The van der Waals surface area contributed by atoms with Gasteiger partial charge in [-0.3, -0.25) is 4.98 Å². The zero-order chi connectivity index (χ0) is 12.1. The minimum Gasteiger partial charge on any atom is -0.383 e. The molecule has 1 unspecified atom stereocenters. The fourth-order valence-corrected chi connectivity index (χ4v) is 1.94. The average Bonchev–Trinajstić information content (AvgIpc) is 2.36. The molecule has 2 rings (SSSR count). The zero-order valence-electron chi connectivity index (χ0n) is 10.3. The van der Waals surface area contributed by atoms with Gasteiger partial charge < -0.3 is 10.1 Å². The Kier molecular flexibility index (Phi) is 4.07. The molecular weight excluding hydrogens is 212 g/mol. The summed E-state index contributed by atoms with van der Waals surface area (Å²) in [6.07, 6.45) is 3.74. The van der Waals surface area contributed by atoms with Crippen LogP contribution in [0.4, 0.5) is 0 Å². The van der Waals surface area contributed by atoms with E-state index in [2.05, 4.69) is 41.5 Å². The lowest BCUT2D eigenvalue weighted by molar-refractivity contribution is 0.172. The van der Waals surface area contributed by atoms with E-state index < -0.39 is 0 Å². The van der Waals surface area contributed by atoms with Gasteiger partial charge in [-0.1, -0.05) is 18.2 Å². The largest absolute Gasteiger partial charge is 0.383 e. The number of rotatable bonds is 5. The smallest absolute Gasteiger partial charge is 0.0613 e. The fraction of sp³-hybridized carbons (Fsp3) is 0.357. The third kappa shape index (κ3) is 3.02. The van der Waals surface area contributed by atoms with Crippen LogP contribution in [0.3, 0.4) is 0 Å². The monoisotopic (exact) mass is 230 g/mol. The van der Waals surface area contributed by atoms with Crippen LogP contribution in [0.2, 0.25) is 0 Å². The Hall–Kier alpha value is -1.45. The molecule has 90 valence electrons. The molecule has 0 aliphatic carbocycles. The van der Waals surface area contributed by atoms with E-state index in [1.807, 2.05) is 12.4 Å².